The second-order valence-electron chi connectivity index (χ2n) is 4.35. The first-order valence-corrected chi connectivity index (χ1v) is 7.15. The molecule has 1 aromatic carbocycles. The maximum Gasteiger partial charge on any atom is 0.243 e. The minimum Gasteiger partial charge on any atom is -0.377 e. The molecule has 0 fully saturated rings. The van der Waals surface area contributed by atoms with Gasteiger partial charge in [-0.1, -0.05) is 12.1 Å². The molecule has 0 N–H and O–H groups in total. The van der Waals surface area contributed by atoms with Gasteiger partial charge in [-0.15, -0.1) is 0 Å². The summed E-state index contributed by atoms with van der Waals surface area (Å²) in [5, 5.41) is 0. The normalized spacial score (nSPS) is 10.8. The molecule has 0 unspecified atom stereocenters. The van der Waals surface area contributed by atoms with Gasteiger partial charge in [-0.3, -0.25) is 0 Å². The summed E-state index contributed by atoms with van der Waals surface area (Å²) in [5.74, 6) is 0. The van der Waals surface area contributed by atoms with Crippen LogP contribution in [0.1, 0.15) is 12.0 Å². The van der Waals surface area contributed by atoms with Crippen LogP contribution in [-0.2, 0) is 24.9 Å². The first-order chi connectivity index (χ1) is 8.74. The van der Waals surface area contributed by atoms with E-state index < -0.39 is 0 Å². The second-order valence-corrected chi connectivity index (χ2v) is 5.60. The topological polar surface area (TPSA) is 18.0 Å². The number of aryl methyl sites for hydroxylation is 2. The zero-order valence-corrected chi connectivity index (χ0v) is 12.7. The predicted octanol–water partition coefficient (Wildman–Crippen LogP) is 2.52. The van der Waals surface area contributed by atoms with Crippen LogP contribution in [0.25, 0.3) is 0 Å². The van der Waals surface area contributed by atoms with Crippen LogP contribution in [0.5, 0.6) is 0 Å². The molecule has 0 radical (unpaired) electrons. The summed E-state index contributed by atoms with van der Waals surface area (Å²) >= 11 is 2.31. The van der Waals surface area contributed by atoms with Gasteiger partial charge >= 0.3 is 0 Å². The Morgan fingerprint density at radius 1 is 1.28 bits per heavy atom. The van der Waals surface area contributed by atoms with Gasteiger partial charge in [0.2, 0.25) is 6.33 Å². The molecule has 2 rings (SSSR count). The van der Waals surface area contributed by atoms with Crippen molar-refractivity contribution >= 4 is 22.6 Å². The summed E-state index contributed by atoms with van der Waals surface area (Å²) in [6.07, 6.45) is 7.25. The molecule has 0 saturated carbocycles. The van der Waals surface area contributed by atoms with Crippen molar-refractivity contribution in [3.05, 3.63) is 52.1 Å². The largest absolute Gasteiger partial charge is 0.377 e. The zero-order chi connectivity index (χ0) is 12.8. The number of halogens is 1. The van der Waals surface area contributed by atoms with Crippen molar-refractivity contribution < 1.29 is 9.30 Å². The van der Waals surface area contributed by atoms with Crippen LogP contribution >= 0.6 is 22.6 Å². The highest BCUT2D eigenvalue weighted by Crippen LogP contribution is 2.07. The summed E-state index contributed by atoms with van der Waals surface area (Å²) in [7, 11) is 2.03. The van der Waals surface area contributed by atoms with E-state index in [1.807, 2.05) is 17.8 Å². The van der Waals surface area contributed by atoms with Crippen LogP contribution in [-0.4, -0.2) is 11.2 Å². The molecular weight excluding hydrogens is 339 g/mol. The predicted molar refractivity (Wildman–Crippen MR) is 79.0 cm³/mol. The van der Waals surface area contributed by atoms with Crippen LogP contribution in [0.4, 0.5) is 0 Å². The quantitative estimate of drug-likeness (QED) is 0.442. The standard InChI is InChI=1S/C14H18IN2O/c1-16-8-9-17(12-16)7-2-10-18-11-13-3-5-14(15)6-4-13/h3-6,8-9,12H,2,7,10-11H2,1H3/q+1. The van der Waals surface area contributed by atoms with Gasteiger partial charge in [0.1, 0.15) is 12.4 Å². The minimum atomic E-state index is 0.705. The molecule has 0 bridgehead atoms. The first kappa shape index (κ1) is 13.5. The monoisotopic (exact) mass is 357 g/mol. The van der Waals surface area contributed by atoms with Crippen LogP contribution < -0.4 is 4.57 Å². The highest BCUT2D eigenvalue weighted by molar-refractivity contribution is 14.1. The van der Waals surface area contributed by atoms with E-state index in [-0.39, 0.29) is 0 Å². The lowest BCUT2D eigenvalue weighted by molar-refractivity contribution is -0.671. The number of nitrogens with zero attached hydrogens (tertiary/aromatic N) is 2. The van der Waals surface area contributed by atoms with Crippen LogP contribution in [0.2, 0.25) is 0 Å². The molecule has 0 aliphatic heterocycles. The Kier molecular flexibility index (Phi) is 5.19. The van der Waals surface area contributed by atoms with Crippen molar-refractivity contribution in [3.63, 3.8) is 0 Å². The third-order valence-electron chi connectivity index (χ3n) is 2.71. The highest BCUT2D eigenvalue weighted by atomic mass is 127. The summed E-state index contributed by atoms with van der Waals surface area (Å²) < 4.78 is 11.1. The van der Waals surface area contributed by atoms with Gasteiger partial charge < -0.3 is 4.74 Å². The summed E-state index contributed by atoms with van der Waals surface area (Å²) in [6, 6.07) is 8.46. The van der Waals surface area contributed by atoms with Gasteiger partial charge in [-0.25, -0.2) is 9.13 Å². The van der Waals surface area contributed by atoms with Crippen molar-refractivity contribution in [1.82, 2.24) is 4.57 Å². The van der Waals surface area contributed by atoms with Crippen molar-refractivity contribution in [3.8, 4) is 0 Å². The average Bonchev–Trinajstić information content (AvgIpc) is 2.77. The number of benzene rings is 1. The number of hydrogen-bond donors (Lipinski definition) is 0. The zero-order valence-electron chi connectivity index (χ0n) is 10.6. The Balaban J connectivity index is 1.63. The molecule has 0 aliphatic carbocycles. The lowest BCUT2D eigenvalue weighted by Crippen LogP contribution is -2.23. The fraction of sp³-hybridized carbons (Fsp3) is 0.357. The Hall–Kier alpha value is -0.880. The van der Waals surface area contributed by atoms with Gasteiger partial charge in [0.25, 0.3) is 0 Å². The van der Waals surface area contributed by atoms with Gasteiger partial charge in [0.15, 0.2) is 0 Å². The van der Waals surface area contributed by atoms with E-state index in [0.717, 1.165) is 19.6 Å². The van der Waals surface area contributed by atoms with Crippen molar-refractivity contribution in [2.75, 3.05) is 6.61 Å². The van der Waals surface area contributed by atoms with Crippen LogP contribution in [0.15, 0.2) is 43.0 Å². The lowest BCUT2D eigenvalue weighted by atomic mass is 10.2. The molecule has 18 heavy (non-hydrogen) atoms. The van der Waals surface area contributed by atoms with Crippen LogP contribution in [0.3, 0.4) is 0 Å². The van der Waals surface area contributed by atoms with Crippen molar-refractivity contribution in [1.29, 1.82) is 0 Å². The lowest BCUT2D eigenvalue weighted by Gasteiger charge is -2.03. The average molecular weight is 357 g/mol. The summed E-state index contributed by atoms with van der Waals surface area (Å²) in [6.45, 7) is 2.51. The van der Waals surface area contributed by atoms with E-state index in [1.54, 1.807) is 0 Å². The van der Waals surface area contributed by atoms with Gasteiger partial charge in [0, 0.05) is 9.99 Å². The maximum absolute atomic E-state index is 5.67. The Morgan fingerprint density at radius 2 is 2.06 bits per heavy atom. The van der Waals surface area contributed by atoms with Crippen molar-refractivity contribution in [2.24, 2.45) is 7.05 Å². The van der Waals surface area contributed by atoms with E-state index in [1.165, 1.54) is 9.13 Å². The molecule has 4 heteroatoms. The molecule has 0 saturated heterocycles. The Morgan fingerprint density at radius 3 is 2.72 bits per heavy atom. The summed E-state index contributed by atoms with van der Waals surface area (Å²) in [5.41, 5.74) is 1.24. The maximum atomic E-state index is 5.67. The molecule has 0 amide bonds. The van der Waals surface area contributed by atoms with E-state index in [2.05, 4.69) is 63.9 Å². The number of rotatable bonds is 6. The molecule has 0 aliphatic rings. The van der Waals surface area contributed by atoms with Crippen molar-refractivity contribution in [2.45, 2.75) is 19.6 Å². The van der Waals surface area contributed by atoms with E-state index in [9.17, 15) is 0 Å². The fourth-order valence-electron chi connectivity index (χ4n) is 1.75. The highest BCUT2D eigenvalue weighted by Gasteiger charge is 1.99. The Labute approximate surface area is 122 Å². The van der Waals surface area contributed by atoms with Gasteiger partial charge in [-0.05, 0) is 40.3 Å². The van der Waals surface area contributed by atoms with E-state index in [4.69, 9.17) is 4.74 Å². The smallest absolute Gasteiger partial charge is 0.243 e. The minimum absolute atomic E-state index is 0.705. The number of aromatic nitrogens is 2. The number of ether oxygens (including phenoxy) is 1. The third kappa shape index (κ3) is 4.42. The molecule has 2 aromatic rings. The molecule has 96 valence electrons. The number of hydrogen-bond acceptors (Lipinski definition) is 1. The molecule has 1 heterocycles. The van der Waals surface area contributed by atoms with Gasteiger partial charge in [0.05, 0.1) is 26.8 Å². The van der Waals surface area contributed by atoms with Crippen LogP contribution in [0, 0.1) is 3.57 Å². The number of imidazole rings is 1. The van der Waals surface area contributed by atoms with E-state index >= 15 is 0 Å². The molecule has 1 aromatic heterocycles. The second kappa shape index (κ2) is 6.89. The third-order valence-corrected chi connectivity index (χ3v) is 3.43. The fourth-order valence-corrected chi connectivity index (χ4v) is 2.11. The molecule has 3 nitrogen and oxygen atoms in total. The Bertz CT molecular complexity index is 479. The van der Waals surface area contributed by atoms with E-state index in [0.29, 0.717) is 6.61 Å². The first-order valence-electron chi connectivity index (χ1n) is 6.07. The molecular formula is C14H18IN2O+. The summed E-state index contributed by atoms with van der Waals surface area (Å²) in [4.78, 5) is 0. The molecule has 0 spiro atoms. The molecule has 0 atom stereocenters. The SMILES string of the molecule is C[n+]1ccn(CCCOCc2ccc(I)cc2)c1. The van der Waals surface area contributed by atoms with Gasteiger partial charge in [-0.2, -0.15) is 0 Å².